The fourth-order valence-corrected chi connectivity index (χ4v) is 2.08. The Kier molecular flexibility index (Phi) is 4.02. The van der Waals surface area contributed by atoms with Gasteiger partial charge in [-0.2, -0.15) is 0 Å². The first-order valence-electron chi connectivity index (χ1n) is 6.00. The highest BCUT2D eigenvalue weighted by atomic mass is 15.2. The molecule has 2 rings (SSSR count). The Hall–Kier alpha value is -1.78. The Morgan fingerprint density at radius 2 is 2.11 bits per heavy atom. The van der Waals surface area contributed by atoms with Gasteiger partial charge in [0.2, 0.25) is 0 Å². The second-order valence-corrected chi connectivity index (χ2v) is 4.41. The summed E-state index contributed by atoms with van der Waals surface area (Å²) in [5.41, 5.74) is 7.18. The van der Waals surface area contributed by atoms with Crippen molar-refractivity contribution in [1.29, 1.82) is 0 Å². The number of nitrogens with two attached hydrogens (primary N) is 1. The summed E-state index contributed by atoms with van der Waals surface area (Å²) in [4.78, 5) is 8.59. The van der Waals surface area contributed by atoms with E-state index < -0.39 is 0 Å². The number of rotatable bonds is 4. The maximum atomic E-state index is 5.66. The van der Waals surface area contributed by atoms with Crippen molar-refractivity contribution < 1.29 is 0 Å². The minimum absolute atomic E-state index is 0.0577. The van der Waals surface area contributed by atoms with Crippen LogP contribution >= 0.6 is 0 Å². The van der Waals surface area contributed by atoms with Gasteiger partial charge in [-0.25, -0.2) is 0 Å². The lowest BCUT2D eigenvalue weighted by atomic mass is 9.99. The van der Waals surface area contributed by atoms with Crippen LogP contribution in [0.5, 0.6) is 0 Å². The summed E-state index contributed by atoms with van der Waals surface area (Å²) in [6.07, 6.45) is 4.43. The van der Waals surface area contributed by atoms with Crippen molar-refractivity contribution in [1.82, 2.24) is 15.4 Å². The lowest BCUT2D eigenvalue weighted by Gasteiger charge is -2.18. The Labute approximate surface area is 107 Å². The first-order chi connectivity index (χ1) is 8.70. The van der Waals surface area contributed by atoms with Crippen LogP contribution in [0.2, 0.25) is 0 Å². The standard InChI is InChI=1S/C14H18N4/c1-10-5-6-13(11(2)17-10)14(18-15)8-12-4-3-7-16-9-12/h3-7,9,14,18H,8,15H2,1-2H3. The van der Waals surface area contributed by atoms with E-state index in [0.29, 0.717) is 0 Å². The molecule has 94 valence electrons. The molecule has 2 heterocycles. The molecule has 0 aliphatic heterocycles. The average Bonchev–Trinajstić information content (AvgIpc) is 2.38. The largest absolute Gasteiger partial charge is 0.271 e. The second kappa shape index (κ2) is 5.71. The monoisotopic (exact) mass is 242 g/mol. The van der Waals surface area contributed by atoms with Gasteiger partial charge in [0, 0.05) is 23.8 Å². The highest BCUT2D eigenvalue weighted by Gasteiger charge is 2.13. The molecule has 2 aromatic heterocycles. The number of aryl methyl sites for hydroxylation is 2. The topological polar surface area (TPSA) is 63.8 Å². The van der Waals surface area contributed by atoms with Gasteiger partial charge in [0.05, 0.1) is 6.04 Å². The lowest BCUT2D eigenvalue weighted by Crippen LogP contribution is -2.30. The van der Waals surface area contributed by atoms with Crippen LogP contribution in [0, 0.1) is 13.8 Å². The Bertz CT molecular complexity index is 510. The molecule has 0 bridgehead atoms. The molecule has 1 atom stereocenters. The molecule has 0 spiro atoms. The van der Waals surface area contributed by atoms with Crippen LogP contribution < -0.4 is 11.3 Å². The van der Waals surface area contributed by atoms with Gasteiger partial charge >= 0.3 is 0 Å². The summed E-state index contributed by atoms with van der Waals surface area (Å²) >= 11 is 0. The third-order valence-electron chi connectivity index (χ3n) is 3.01. The molecule has 18 heavy (non-hydrogen) atoms. The fraction of sp³-hybridized carbons (Fsp3) is 0.286. The molecule has 4 heteroatoms. The van der Waals surface area contributed by atoms with E-state index in [2.05, 4.69) is 21.5 Å². The number of nitrogens with one attached hydrogen (secondary N) is 1. The van der Waals surface area contributed by atoms with Crippen molar-refractivity contribution >= 4 is 0 Å². The maximum absolute atomic E-state index is 5.66. The number of aromatic nitrogens is 2. The number of hydrogen-bond donors (Lipinski definition) is 2. The first-order valence-corrected chi connectivity index (χ1v) is 6.00. The summed E-state index contributed by atoms with van der Waals surface area (Å²) in [7, 11) is 0. The van der Waals surface area contributed by atoms with Crippen LogP contribution in [0.1, 0.15) is 28.6 Å². The molecular formula is C14H18N4. The van der Waals surface area contributed by atoms with Gasteiger partial charge in [-0.15, -0.1) is 0 Å². The minimum Gasteiger partial charge on any atom is -0.271 e. The third-order valence-corrected chi connectivity index (χ3v) is 3.01. The minimum atomic E-state index is 0.0577. The molecule has 1 unspecified atom stereocenters. The zero-order valence-electron chi connectivity index (χ0n) is 10.7. The molecule has 0 fully saturated rings. The molecular weight excluding hydrogens is 224 g/mol. The van der Waals surface area contributed by atoms with Gasteiger partial charge in [-0.3, -0.25) is 21.2 Å². The molecule has 0 aromatic carbocycles. The van der Waals surface area contributed by atoms with Crippen LogP contribution in [-0.4, -0.2) is 9.97 Å². The van der Waals surface area contributed by atoms with Crippen LogP contribution in [0.15, 0.2) is 36.7 Å². The molecule has 2 aromatic rings. The van der Waals surface area contributed by atoms with E-state index in [0.717, 1.165) is 28.9 Å². The SMILES string of the molecule is Cc1ccc(C(Cc2cccnc2)NN)c(C)n1. The second-order valence-electron chi connectivity index (χ2n) is 4.41. The highest BCUT2D eigenvalue weighted by molar-refractivity contribution is 5.27. The molecule has 0 aliphatic carbocycles. The summed E-state index contributed by atoms with van der Waals surface area (Å²) in [5.74, 6) is 5.66. The summed E-state index contributed by atoms with van der Waals surface area (Å²) in [6, 6.07) is 8.13. The molecule has 0 saturated heterocycles. The molecule has 0 amide bonds. The van der Waals surface area contributed by atoms with E-state index in [4.69, 9.17) is 5.84 Å². The molecule has 3 N–H and O–H groups in total. The van der Waals surface area contributed by atoms with E-state index in [-0.39, 0.29) is 6.04 Å². The maximum Gasteiger partial charge on any atom is 0.0518 e. The summed E-state index contributed by atoms with van der Waals surface area (Å²) in [6.45, 7) is 4.00. The van der Waals surface area contributed by atoms with Crippen LogP contribution in [0.4, 0.5) is 0 Å². The normalized spacial score (nSPS) is 12.4. The molecule has 0 aliphatic rings. The summed E-state index contributed by atoms with van der Waals surface area (Å²) < 4.78 is 0. The molecule has 0 saturated carbocycles. The van der Waals surface area contributed by atoms with Crippen molar-refractivity contribution in [2.75, 3.05) is 0 Å². The Balaban J connectivity index is 2.23. The van der Waals surface area contributed by atoms with E-state index in [1.54, 1.807) is 6.20 Å². The summed E-state index contributed by atoms with van der Waals surface area (Å²) in [5, 5.41) is 0. The van der Waals surface area contributed by atoms with E-state index >= 15 is 0 Å². The van der Waals surface area contributed by atoms with Crippen molar-refractivity contribution in [2.24, 2.45) is 5.84 Å². The number of pyridine rings is 2. The van der Waals surface area contributed by atoms with Gasteiger partial charge in [0.1, 0.15) is 0 Å². The van der Waals surface area contributed by atoms with E-state index in [1.165, 1.54) is 0 Å². The van der Waals surface area contributed by atoms with Gasteiger partial charge < -0.3 is 0 Å². The van der Waals surface area contributed by atoms with Gasteiger partial charge in [-0.05, 0) is 43.5 Å². The fourth-order valence-electron chi connectivity index (χ4n) is 2.08. The number of nitrogens with zero attached hydrogens (tertiary/aromatic N) is 2. The first kappa shape index (κ1) is 12.7. The molecule has 4 nitrogen and oxygen atoms in total. The number of hydrazine groups is 1. The van der Waals surface area contributed by atoms with Gasteiger partial charge in [0.25, 0.3) is 0 Å². The van der Waals surface area contributed by atoms with Crippen molar-refractivity contribution in [3.63, 3.8) is 0 Å². The predicted octanol–water partition coefficient (Wildman–Crippen LogP) is 1.84. The van der Waals surface area contributed by atoms with Crippen molar-refractivity contribution in [3.8, 4) is 0 Å². The molecule has 0 radical (unpaired) electrons. The zero-order valence-corrected chi connectivity index (χ0v) is 10.7. The number of hydrogen-bond acceptors (Lipinski definition) is 4. The zero-order chi connectivity index (χ0) is 13.0. The third kappa shape index (κ3) is 2.91. The van der Waals surface area contributed by atoms with Crippen LogP contribution in [0.3, 0.4) is 0 Å². The highest BCUT2D eigenvalue weighted by Crippen LogP contribution is 2.20. The van der Waals surface area contributed by atoms with Gasteiger partial charge in [0.15, 0.2) is 0 Å². The van der Waals surface area contributed by atoms with Crippen molar-refractivity contribution in [3.05, 3.63) is 59.2 Å². The van der Waals surface area contributed by atoms with E-state index in [9.17, 15) is 0 Å². The van der Waals surface area contributed by atoms with Crippen LogP contribution in [0.25, 0.3) is 0 Å². The average molecular weight is 242 g/mol. The smallest absolute Gasteiger partial charge is 0.0518 e. The quantitative estimate of drug-likeness (QED) is 0.634. The predicted molar refractivity (Wildman–Crippen MR) is 71.7 cm³/mol. The van der Waals surface area contributed by atoms with Crippen LogP contribution in [-0.2, 0) is 6.42 Å². The van der Waals surface area contributed by atoms with Gasteiger partial charge in [-0.1, -0.05) is 12.1 Å². The Morgan fingerprint density at radius 1 is 1.28 bits per heavy atom. The van der Waals surface area contributed by atoms with Crippen molar-refractivity contribution in [2.45, 2.75) is 26.3 Å². The van der Waals surface area contributed by atoms with E-state index in [1.807, 2.05) is 38.2 Å². The Morgan fingerprint density at radius 3 is 2.72 bits per heavy atom. The lowest BCUT2D eigenvalue weighted by molar-refractivity contribution is 0.546.